The van der Waals surface area contributed by atoms with Crippen LogP contribution in [0.4, 0.5) is 4.39 Å². The number of hydrogen-bond donors (Lipinski definition) is 0. The number of aromatic nitrogens is 1. The molecule has 0 spiro atoms. The van der Waals surface area contributed by atoms with Crippen molar-refractivity contribution in [3.63, 3.8) is 0 Å². The summed E-state index contributed by atoms with van der Waals surface area (Å²) in [5, 5.41) is 1.36. The lowest BCUT2D eigenvalue weighted by atomic mass is 10.2. The maximum absolute atomic E-state index is 13.4. The molecule has 3 heteroatoms. The Morgan fingerprint density at radius 1 is 1.11 bits per heavy atom. The van der Waals surface area contributed by atoms with Crippen molar-refractivity contribution >= 4 is 22.5 Å². The van der Waals surface area contributed by atoms with E-state index in [1.54, 1.807) is 6.07 Å². The minimum absolute atomic E-state index is 0.164. The molecule has 1 nitrogen and oxygen atoms in total. The first-order valence-electron chi connectivity index (χ1n) is 6.13. The van der Waals surface area contributed by atoms with E-state index in [-0.39, 0.29) is 10.8 Å². The van der Waals surface area contributed by atoms with Crippen LogP contribution in [0.15, 0.2) is 48.7 Å². The topological polar surface area (TPSA) is 4.93 Å². The Bertz CT molecular complexity index is 746. The number of halogens is 2. The highest BCUT2D eigenvalue weighted by Gasteiger charge is 2.05. The standard InChI is InChI=1S/C16H13ClFN/c1-11-2-4-13-6-7-19(16(13)8-11)10-12-3-5-14(17)15(18)9-12/h2-9H,10H2,1H3. The van der Waals surface area contributed by atoms with Crippen LogP contribution in [0, 0.1) is 12.7 Å². The van der Waals surface area contributed by atoms with Crippen LogP contribution in [0.2, 0.25) is 5.02 Å². The molecule has 1 heterocycles. The Morgan fingerprint density at radius 2 is 1.95 bits per heavy atom. The van der Waals surface area contributed by atoms with E-state index in [0.29, 0.717) is 6.54 Å². The van der Waals surface area contributed by atoms with Gasteiger partial charge in [-0.05, 0) is 47.7 Å². The summed E-state index contributed by atoms with van der Waals surface area (Å²) in [6, 6.07) is 13.3. The van der Waals surface area contributed by atoms with Gasteiger partial charge in [0.25, 0.3) is 0 Å². The molecule has 3 rings (SSSR count). The third-order valence-electron chi connectivity index (χ3n) is 3.27. The molecule has 0 bridgehead atoms. The van der Waals surface area contributed by atoms with E-state index in [9.17, 15) is 4.39 Å². The minimum Gasteiger partial charge on any atom is -0.343 e. The highest BCUT2D eigenvalue weighted by molar-refractivity contribution is 6.30. The van der Waals surface area contributed by atoms with E-state index in [1.165, 1.54) is 17.0 Å². The number of nitrogens with zero attached hydrogens (tertiary/aromatic N) is 1. The van der Waals surface area contributed by atoms with E-state index in [1.807, 2.05) is 12.3 Å². The van der Waals surface area contributed by atoms with E-state index in [2.05, 4.69) is 35.8 Å². The smallest absolute Gasteiger partial charge is 0.142 e. The quantitative estimate of drug-likeness (QED) is 0.633. The van der Waals surface area contributed by atoms with Gasteiger partial charge in [-0.2, -0.15) is 0 Å². The van der Waals surface area contributed by atoms with Crippen molar-refractivity contribution < 1.29 is 4.39 Å². The molecule has 0 fully saturated rings. The van der Waals surface area contributed by atoms with Crippen molar-refractivity contribution in [3.8, 4) is 0 Å². The summed E-state index contributed by atoms with van der Waals surface area (Å²) in [5.74, 6) is -0.369. The zero-order valence-corrected chi connectivity index (χ0v) is 11.3. The Kier molecular flexibility index (Phi) is 3.03. The molecule has 0 saturated carbocycles. The van der Waals surface area contributed by atoms with Crippen molar-refractivity contribution in [2.45, 2.75) is 13.5 Å². The van der Waals surface area contributed by atoms with Crippen molar-refractivity contribution in [1.29, 1.82) is 0 Å². The number of fused-ring (bicyclic) bond motifs is 1. The highest BCUT2D eigenvalue weighted by Crippen LogP contribution is 2.20. The van der Waals surface area contributed by atoms with Crippen LogP contribution in [-0.2, 0) is 6.54 Å². The van der Waals surface area contributed by atoms with Crippen molar-refractivity contribution in [1.82, 2.24) is 4.57 Å². The fourth-order valence-corrected chi connectivity index (χ4v) is 2.38. The summed E-state index contributed by atoms with van der Waals surface area (Å²) >= 11 is 5.70. The third-order valence-corrected chi connectivity index (χ3v) is 3.57. The van der Waals surface area contributed by atoms with Crippen LogP contribution in [0.3, 0.4) is 0 Å². The lowest BCUT2D eigenvalue weighted by Gasteiger charge is -2.07. The minimum atomic E-state index is -0.369. The molecule has 0 aliphatic heterocycles. The maximum atomic E-state index is 13.4. The Labute approximate surface area is 116 Å². The van der Waals surface area contributed by atoms with Crippen LogP contribution in [0.1, 0.15) is 11.1 Å². The zero-order chi connectivity index (χ0) is 13.4. The lowest BCUT2D eigenvalue weighted by molar-refractivity contribution is 0.624. The molecule has 0 atom stereocenters. The van der Waals surface area contributed by atoms with Gasteiger partial charge in [-0.3, -0.25) is 0 Å². The monoisotopic (exact) mass is 273 g/mol. The first-order valence-corrected chi connectivity index (χ1v) is 6.51. The second-order valence-electron chi connectivity index (χ2n) is 4.75. The second kappa shape index (κ2) is 4.71. The molecule has 0 aliphatic carbocycles. The van der Waals surface area contributed by atoms with Crippen molar-refractivity contribution in [2.75, 3.05) is 0 Å². The molecule has 2 aromatic carbocycles. The molecule has 96 valence electrons. The summed E-state index contributed by atoms with van der Waals surface area (Å²) in [7, 11) is 0. The molecular weight excluding hydrogens is 261 g/mol. The van der Waals surface area contributed by atoms with Gasteiger partial charge in [-0.15, -0.1) is 0 Å². The van der Waals surface area contributed by atoms with Crippen molar-refractivity contribution in [3.05, 3.63) is 70.6 Å². The molecule has 0 amide bonds. The van der Waals surface area contributed by atoms with Gasteiger partial charge in [0.05, 0.1) is 5.02 Å². The average molecular weight is 274 g/mol. The SMILES string of the molecule is Cc1ccc2ccn(Cc3ccc(Cl)c(F)c3)c2c1. The first kappa shape index (κ1) is 12.2. The molecular formula is C16H13ClFN. The Hall–Kier alpha value is -1.80. The van der Waals surface area contributed by atoms with Crippen molar-refractivity contribution in [2.24, 2.45) is 0 Å². The Balaban J connectivity index is 2.00. The van der Waals surface area contributed by atoms with Gasteiger partial charge in [0.15, 0.2) is 0 Å². The molecule has 0 unspecified atom stereocenters. The predicted octanol–water partition coefficient (Wildman–Crippen LogP) is 4.79. The van der Waals surface area contributed by atoms with Crippen LogP contribution >= 0.6 is 11.6 Å². The summed E-state index contributed by atoms with van der Waals surface area (Å²) in [5.41, 5.74) is 3.28. The van der Waals surface area contributed by atoms with E-state index in [4.69, 9.17) is 11.6 Å². The largest absolute Gasteiger partial charge is 0.343 e. The van der Waals surface area contributed by atoms with Crippen LogP contribution in [-0.4, -0.2) is 4.57 Å². The molecule has 3 aromatic rings. The fourth-order valence-electron chi connectivity index (χ4n) is 2.27. The van der Waals surface area contributed by atoms with Gasteiger partial charge < -0.3 is 4.57 Å². The summed E-state index contributed by atoms with van der Waals surface area (Å²) in [6.07, 6.45) is 2.02. The van der Waals surface area contributed by atoms with Crippen LogP contribution < -0.4 is 0 Å². The second-order valence-corrected chi connectivity index (χ2v) is 5.16. The van der Waals surface area contributed by atoms with Crippen LogP contribution in [0.25, 0.3) is 10.9 Å². The molecule has 19 heavy (non-hydrogen) atoms. The lowest BCUT2D eigenvalue weighted by Crippen LogP contribution is -1.98. The zero-order valence-electron chi connectivity index (χ0n) is 10.5. The number of benzene rings is 2. The number of aryl methyl sites for hydroxylation is 1. The summed E-state index contributed by atoms with van der Waals surface area (Å²) in [6.45, 7) is 2.71. The maximum Gasteiger partial charge on any atom is 0.142 e. The van der Waals surface area contributed by atoms with E-state index in [0.717, 1.165) is 11.1 Å². The van der Waals surface area contributed by atoms with Gasteiger partial charge in [-0.1, -0.05) is 29.8 Å². The summed E-state index contributed by atoms with van der Waals surface area (Å²) in [4.78, 5) is 0. The van der Waals surface area contributed by atoms with E-state index >= 15 is 0 Å². The van der Waals surface area contributed by atoms with Gasteiger partial charge >= 0.3 is 0 Å². The van der Waals surface area contributed by atoms with Gasteiger partial charge in [0.2, 0.25) is 0 Å². The van der Waals surface area contributed by atoms with Gasteiger partial charge in [-0.25, -0.2) is 4.39 Å². The normalized spacial score (nSPS) is 11.1. The van der Waals surface area contributed by atoms with Gasteiger partial charge in [0.1, 0.15) is 5.82 Å². The molecule has 0 aliphatic rings. The number of hydrogen-bond acceptors (Lipinski definition) is 0. The molecule has 0 N–H and O–H groups in total. The van der Waals surface area contributed by atoms with Crippen LogP contribution in [0.5, 0.6) is 0 Å². The average Bonchev–Trinajstić information content (AvgIpc) is 2.77. The molecule has 0 saturated heterocycles. The fraction of sp³-hybridized carbons (Fsp3) is 0.125. The highest BCUT2D eigenvalue weighted by atomic mass is 35.5. The predicted molar refractivity (Wildman–Crippen MR) is 77.2 cm³/mol. The van der Waals surface area contributed by atoms with E-state index < -0.39 is 0 Å². The Morgan fingerprint density at radius 3 is 2.74 bits per heavy atom. The van der Waals surface area contributed by atoms with Gasteiger partial charge in [0, 0.05) is 18.3 Å². The molecule has 0 radical (unpaired) electrons. The first-order chi connectivity index (χ1) is 9.13. The third kappa shape index (κ3) is 2.36. The number of rotatable bonds is 2. The summed E-state index contributed by atoms with van der Waals surface area (Å²) < 4.78 is 15.6. The molecule has 1 aromatic heterocycles.